The van der Waals surface area contributed by atoms with Crippen molar-refractivity contribution in [1.29, 1.82) is 0 Å². The van der Waals surface area contributed by atoms with E-state index in [1.54, 1.807) is 0 Å². The minimum absolute atomic E-state index is 0.00409. The Hall–Kier alpha value is -2.62. The third kappa shape index (κ3) is 4.13. The molecule has 0 heterocycles. The Labute approximate surface area is 154 Å². The average Bonchev–Trinajstić information content (AvgIpc) is 2.63. The molecule has 1 aliphatic rings. The molecule has 0 spiro atoms. The highest BCUT2D eigenvalue weighted by Crippen LogP contribution is 2.43. The first-order chi connectivity index (χ1) is 12.6. The van der Waals surface area contributed by atoms with Crippen LogP contribution in [-0.2, 0) is 19.1 Å². The SMILES string of the molecule is CC(=O)O[C@H]1[C@H](OC(C)=O)[C@H](c2ccccc2)CC[C@H]1c1ccccc1. The second-order valence-electron chi connectivity index (χ2n) is 6.76. The lowest BCUT2D eigenvalue weighted by Crippen LogP contribution is -2.46. The highest BCUT2D eigenvalue weighted by molar-refractivity contribution is 5.67. The zero-order valence-corrected chi connectivity index (χ0v) is 15.1. The summed E-state index contributed by atoms with van der Waals surface area (Å²) in [5, 5.41) is 0. The summed E-state index contributed by atoms with van der Waals surface area (Å²) in [4.78, 5) is 23.6. The molecule has 0 bridgehead atoms. The van der Waals surface area contributed by atoms with Gasteiger partial charge in [0.1, 0.15) is 12.2 Å². The number of esters is 2. The molecule has 1 saturated carbocycles. The Morgan fingerprint density at radius 3 is 1.35 bits per heavy atom. The van der Waals surface area contributed by atoms with Gasteiger partial charge in [-0.25, -0.2) is 0 Å². The topological polar surface area (TPSA) is 52.6 Å². The van der Waals surface area contributed by atoms with Gasteiger partial charge in [0.05, 0.1) is 0 Å². The summed E-state index contributed by atoms with van der Waals surface area (Å²) in [6, 6.07) is 20.0. The fourth-order valence-electron chi connectivity index (χ4n) is 3.94. The molecule has 4 heteroatoms. The summed E-state index contributed by atoms with van der Waals surface area (Å²) in [7, 11) is 0. The zero-order chi connectivity index (χ0) is 18.5. The minimum Gasteiger partial charge on any atom is -0.458 e. The van der Waals surface area contributed by atoms with Crippen LogP contribution in [0.5, 0.6) is 0 Å². The molecule has 4 atom stereocenters. The van der Waals surface area contributed by atoms with E-state index in [9.17, 15) is 9.59 Å². The number of rotatable bonds is 4. The largest absolute Gasteiger partial charge is 0.458 e. The van der Waals surface area contributed by atoms with Gasteiger partial charge < -0.3 is 9.47 Å². The van der Waals surface area contributed by atoms with Crippen molar-refractivity contribution >= 4 is 11.9 Å². The van der Waals surface area contributed by atoms with Gasteiger partial charge in [-0.3, -0.25) is 9.59 Å². The Morgan fingerprint density at radius 2 is 1.04 bits per heavy atom. The van der Waals surface area contributed by atoms with Crippen LogP contribution >= 0.6 is 0 Å². The van der Waals surface area contributed by atoms with Crippen LogP contribution in [0.4, 0.5) is 0 Å². The lowest BCUT2D eigenvalue weighted by Gasteiger charge is -2.42. The number of ether oxygens (including phenoxy) is 2. The summed E-state index contributed by atoms with van der Waals surface area (Å²) >= 11 is 0. The first kappa shape index (κ1) is 18.2. The van der Waals surface area contributed by atoms with Crippen LogP contribution in [0.3, 0.4) is 0 Å². The van der Waals surface area contributed by atoms with Crippen molar-refractivity contribution < 1.29 is 19.1 Å². The summed E-state index contributed by atoms with van der Waals surface area (Å²) in [6.07, 6.45) is 0.717. The van der Waals surface area contributed by atoms with Crippen LogP contribution in [0.1, 0.15) is 49.7 Å². The molecular formula is C22H24O4. The van der Waals surface area contributed by atoms with Gasteiger partial charge in [-0.15, -0.1) is 0 Å². The van der Waals surface area contributed by atoms with Gasteiger partial charge in [-0.1, -0.05) is 60.7 Å². The molecule has 2 aromatic carbocycles. The maximum atomic E-state index is 11.8. The predicted octanol–water partition coefficient (Wildman–Crippen LogP) is 4.21. The van der Waals surface area contributed by atoms with Gasteiger partial charge in [0.15, 0.2) is 0 Å². The minimum atomic E-state index is -0.502. The molecule has 4 nitrogen and oxygen atoms in total. The lowest BCUT2D eigenvalue weighted by molar-refractivity contribution is -0.173. The van der Waals surface area contributed by atoms with Gasteiger partial charge >= 0.3 is 11.9 Å². The Bertz CT molecular complexity index is 676. The zero-order valence-electron chi connectivity index (χ0n) is 15.1. The van der Waals surface area contributed by atoms with Crippen molar-refractivity contribution in [2.75, 3.05) is 0 Å². The van der Waals surface area contributed by atoms with Crippen molar-refractivity contribution in [1.82, 2.24) is 0 Å². The number of benzene rings is 2. The second kappa shape index (κ2) is 8.17. The predicted molar refractivity (Wildman–Crippen MR) is 98.7 cm³/mol. The molecule has 1 fully saturated rings. The van der Waals surface area contributed by atoms with Gasteiger partial charge in [0.2, 0.25) is 0 Å². The average molecular weight is 352 g/mol. The summed E-state index contributed by atoms with van der Waals surface area (Å²) in [5.41, 5.74) is 2.20. The van der Waals surface area contributed by atoms with Gasteiger partial charge in [0.25, 0.3) is 0 Å². The summed E-state index contributed by atoms with van der Waals surface area (Å²) < 4.78 is 11.4. The number of hydrogen-bond donors (Lipinski definition) is 0. The van der Waals surface area contributed by atoms with Gasteiger partial charge in [-0.05, 0) is 24.0 Å². The van der Waals surface area contributed by atoms with Crippen LogP contribution in [-0.4, -0.2) is 24.1 Å². The van der Waals surface area contributed by atoms with E-state index >= 15 is 0 Å². The van der Waals surface area contributed by atoms with E-state index < -0.39 is 12.2 Å². The highest BCUT2D eigenvalue weighted by Gasteiger charge is 2.44. The van der Waals surface area contributed by atoms with E-state index in [0.717, 1.165) is 24.0 Å². The van der Waals surface area contributed by atoms with E-state index in [-0.39, 0.29) is 23.8 Å². The summed E-state index contributed by atoms with van der Waals surface area (Å²) in [6.45, 7) is 2.80. The molecule has 0 saturated heterocycles. The van der Waals surface area contributed by atoms with Crippen LogP contribution in [0.25, 0.3) is 0 Å². The summed E-state index contributed by atoms with van der Waals surface area (Å²) in [5.74, 6) is -0.711. The van der Waals surface area contributed by atoms with Crippen LogP contribution in [0, 0.1) is 0 Å². The quantitative estimate of drug-likeness (QED) is 0.774. The molecule has 3 rings (SSSR count). The molecule has 0 aliphatic heterocycles. The fourth-order valence-corrected chi connectivity index (χ4v) is 3.94. The van der Waals surface area contributed by atoms with Gasteiger partial charge in [0, 0.05) is 25.7 Å². The molecule has 0 unspecified atom stereocenters. The standard InChI is InChI=1S/C22H24O4/c1-15(23)25-21-19(17-9-5-3-6-10-17)13-14-20(22(21)26-16(2)24)18-11-7-4-8-12-18/h3-12,19-22H,13-14H2,1-2H3/t19-,20-,21+,22+/m0/s1. The normalized spacial score (nSPS) is 25.3. The van der Waals surface area contributed by atoms with E-state index in [1.165, 1.54) is 13.8 Å². The smallest absolute Gasteiger partial charge is 0.303 e. The number of hydrogen-bond acceptors (Lipinski definition) is 4. The molecule has 1 aliphatic carbocycles. The maximum absolute atomic E-state index is 11.8. The molecule has 0 radical (unpaired) electrons. The van der Waals surface area contributed by atoms with E-state index in [1.807, 2.05) is 60.7 Å². The third-order valence-corrected chi connectivity index (χ3v) is 4.97. The first-order valence-electron chi connectivity index (χ1n) is 9.00. The molecule has 2 aromatic rings. The number of carbonyl (C=O) groups excluding carboxylic acids is 2. The second-order valence-corrected chi connectivity index (χ2v) is 6.76. The van der Waals surface area contributed by atoms with Gasteiger partial charge in [-0.2, -0.15) is 0 Å². The Morgan fingerprint density at radius 1 is 0.692 bits per heavy atom. The van der Waals surface area contributed by atoms with Crippen LogP contribution in [0.2, 0.25) is 0 Å². The lowest BCUT2D eigenvalue weighted by atomic mass is 9.72. The molecule has 0 N–H and O–H groups in total. The van der Waals surface area contributed by atoms with Crippen molar-refractivity contribution in [2.45, 2.75) is 50.7 Å². The monoisotopic (exact) mass is 352 g/mol. The van der Waals surface area contributed by atoms with E-state index in [2.05, 4.69) is 0 Å². The van der Waals surface area contributed by atoms with Crippen LogP contribution < -0.4 is 0 Å². The van der Waals surface area contributed by atoms with Crippen molar-refractivity contribution in [2.24, 2.45) is 0 Å². The van der Waals surface area contributed by atoms with Crippen molar-refractivity contribution in [3.05, 3.63) is 71.8 Å². The van der Waals surface area contributed by atoms with Crippen molar-refractivity contribution in [3.8, 4) is 0 Å². The Balaban J connectivity index is 1.99. The Kier molecular flexibility index (Phi) is 5.71. The van der Waals surface area contributed by atoms with E-state index in [0.29, 0.717) is 0 Å². The number of carbonyl (C=O) groups is 2. The van der Waals surface area contributed by atoms with Crippen LogP contribution in [0.15, 0.2) is 60.7 Å². The molecule has 0 aromatic heterocycles. The molecular weight excluding hydrogens is 328 g/mol. The molecule has 0 amide bonds. The highest BCUT2D eigenvalue weighted by atomic mass is 16.6. The first-order valence-corrected chi connectivity index (χ1v) is 9.00. The van der Waals surface area contributed by atoms with E-state index in [4.69, 9.17) is 9.47 Å². The molecule has 26 heavy (non-hydrogen) atoms. The van der Waals surface area contributed by atoms with Crippen molar-refractivity contribution in [3.63, 3.8) is 0 Å². The maximum Gasteiger partial charge on any atom is 0.303 e. The fraction of sp³-hybridized carbons (Fsp3) is 0.364. The third-order valence-electron chi connectivity index (χ3n) is 4.97. The molecule has 136 valence electrons.